The number of benzene rings is 1. The molecule has 3 aromatic heterocycles. The number of pyridine rings is 2. The average Bonchev–Trinajstić information content (AvgIpc) is 3.40. The number of hydrogen-bond acceptors (Lipinski definition) is 8. The number of hydrogen-bond donors (Lipinski definition) is 1. The fourth-order valence-electron chi connectivity index (χ4n) is 3.91. The minimum absolute atomic E-state index is 0.498. The zero-order valence-electron chi connectivity index (χ0n) is 19.0. The molecule has 0 spiro atoms. The monoisotopic (exact) mass is 440 g/mol. The highest BCUT2D eigenvalue weighted by molar-refractivity contribution is 5.95. The molecule has 0 saturated carbocycles. The van der Waals surface area contributed by atoms with Gasteiger partial charge in [-0.1, -0.05) is 12.1 Å². The van der Waals surface area contributed by atoms with E-state index in [1.807, 2.05) is 50.4 Å². The molecule has 0 bridgehead atoms. The molecule has 0 amide bonds. The van der Waals surface area contributed by atoms with E-state index in [-0.39, 0.29) is 0 Å². The Morgan fingerprint density at radius 1 is 1.09 bits per heavy atom. The maximum Gasteiger partial charge on any atom is 0.208 e. The summed E-state index contributed by atoms with van der Waals surface area (Å²) in [6.07, 6.45) is 3.26. The summed E-state index contributed by atoms with van der Waals surface area (Å²) in [4.78, 5) is 15.6. The van der Waals surface area contributed by atoms with Crippen molar-refractivity contribution in [1.82, 2.24) is 30.2 Å². The predicted octanol–water partition coefficient (Wildman–Crippen LogP) is 3.97. The van der Waals surface area contributed by atoms with Crippen LogP contribution in [0.3, 0.4) is 0 Å². The Labute approximate surface area is 191 Å². The lowest BCUT2D eigenvalue weighted by atomic mass is 10.1. The van der Waals surface area contributed by atoms with Gasteiger partial charge in [0.25, 0.3) is 0 Å². The third-order valence-corrected chi connectivity index (χ3v) is 5.42. The highest BCUT2D eigenvalue weighted by Gasteiger charge is 2.21. The number of methoxy groups -OCH3 is 1. The van der Waals surface area contributed by atoms with Gasteiger partial charge in [0.05, 0.1) is 36.8 Å². The predicted molar refractivity (Wildman–Crippen MR) is 127 cm³/mol. The quantitative estimate of drug-likeness (QED) is 0.484. The van der Waals surface area contributed by atoms with Crippen molar-refractivity contribution in [3.63, 3.8) is 0 Å². The lowest BCUT2D eigenvalue weighted by molar-refractivity contribution is 0.418. The van der Waals surface area contributed by atoms with Gasteiger partial charge in [-0.3, -0.25) is 15.0 Å². The molecule has 9 nitrogen and oxygen atoms in total. The minimum atomic E-state index is 0.498. The van der Waals surface area contributed by atoms with E-state index in [1.165, 1.54) is 4.80 Å². The molecule has 4 aromatic rings. The van der Waals surface area contributed by atoms with Crippen molar-refractivity contribution in [2.24, 2.45) is 12.0 Å². The standard InChI is InChI=1S/C24H24N8O/c1-14-8-9-16(25-13-14)11-17-12-21(22-20(27-17)10-15(2)26-22)28-19-7-5-6-18(23(19)33-4)24-29-31-32(3)30-24/h5-9,12-13H,10-11H2,1-4H3,(H,27,28). The topological polar surface area (TPSA) is 103 Å². The maximum absolute atomic E-state index is 5.75. The second-order valence-electron chi connectivity index (χ2n) is 8.10. The molecule has 166 valence electrons. The lowest BCUT2D eigenvalue weighted by Crippen LogP contribution is -2.03. The van der Waals surface area contributed by atoms with Gasteiger partial charge in [0.2, 0.25) is 5.82 Å². The summed E-state index contributed by atoms with van der Waals surface area (Å²) < 4.78 is 5.75. The second kappa shape index (κ2) is 8.42. The van der Waals surface area contributed by atoms with Crippen molar-refractivity contribution in [2.75, 3.05) is 12.4 Å². The van der Waals surface area contributed by atoms with Crippen LogP contribution in [-0.2, 0) is 19.9 Å². The number of fused-ring (bicyclic) bond motifs is 1. The molecule has 0 radical (unpaired) electrons. The van der Waals surface area contributed by atoms with Gasteiger partial charge in [0.1, 0.15) is 5.69 Å². The molecular weight excluding hydrogens is 416 g/mol. The van der Waals surface area contributed by atoms with E-state index >= 15 is 0 Å². The third kappa shape index (κ3) is 4.17. The summed E-state index contributed by atoms with van der Waals surface area (Å²) in [6.45, 7) is 4.05. The zero-order valence-corrected chi connectivity index (χ0v) is 19.0. The Hall–Kier alpha value is -4.14. The molecule has 0 fully saturated rings. The van der Waals surface area contributed by atoms with Crippen LogP contribution in [0, 0.1) is 6.92 Å². The number of para-hydroxylation sites is 1. The number of tetrazole rings is 1. The van der Waals surface area contributed by atoms with Crippen molar-refractivity contribution in [3.8, 4) is 17.1 Å². The summed E-state index contributed by atoms with van der Waals surface area (Å²) in [5.41, 5.74) is 8.32. The van der Waals surface area contributed by atoms with Crippen LogP contribution in [0.1, 0.15) is 29.6 Å². The SMILES string of the molecule is COc1c(Nc2cc(Cc3ccc(C)cn3)nc3c2N=C(C)C3)cccc1-c1nnn(C)n1. The second-order valence-corrected chi connectivity index (χ2v) is 8.10. The van der Waals surface area contributed by atoms with E-state index < -0.39 is 0 Å². The van der Waals surface area contributed by atoms with Crippen molar-refractivity contribution < 1.29 is 4.74 Å². The number of rotatable bonds is 6. The van der Waals surface area contributed by atoms with E-state index in [0.29, 0.717) is 18.0 Å². The summed E-state index contributed by atoms with van der Waals surface area (Å²) in [7, 11) is 3.37. The first-order valence-electron chi connectivity index (χ1n) is 10.7. The Kier molecular flexibility index (Phi) is 5.29. The number of ether oxygens (including phenoxy) is 1. The highest BCUT2D eigenvalue weighted by atomic mass is 16.5. The Bertz CT molecular complexity index is 1360. The molecule has 9 heteroatoms. The van der Waals surface area contributed by atoms with Gasteiger partial charge < -0.3 is 10.1 Å². The first-order chi connectivity index (χ1) is 16.0. The molecule has 1 aromatic carbocycles. The molecule has 1 N–H and O–H groups in total. The summed E-state index contributed by atoms with van der Waals surface area (Å²) in [6, 6.07) is 11.9. The van der Waals surface area contributed by atoms with Crippen LogP contribution >= 0.6 is 0 Å². The summed E-state index contributed by atoms with van der Waals surface area (Å²) >= 11 is 0. The maximum atomic E-state index is 5.75. The van der Waals surface area contributed by atoms with E-state index in [0.717, 1.165) is 57.4 Å². The Balaban J connectivity index is 1.54. The van der Waals surface area contributed by atoms with E-state index in [4.69, 9.17) is 14.7 Å². The molecule has 5 rings (SSSR count). The van der Waals surface area contributed by atoms with Gasteiger partial charge in [0, 0.05) is 36.1 Å². The van der Waals surface area contributed by atoms with Crippen molar-refractivity contribution in [3.05, 3.63) is 65.2 Å². The molecule has 4 heterocycles. The highest BCUT2D eigenvalue weighted by Crippen LogP contribution is 2.41. The molecule has 1 aliphatic heterocycles. The number of aromatic nitrogens is 6. The van der Waals surface area contributed by atoms with Crippen LogP contribution in [0.25, 0.3) is 11.4 Å². The lowest BCUT2D eigenvalue weighted by Gasteiger charge is -2.16. The van der Waals surface area contributed by atoms with Gasteiger partial charge in [-0.05, 0) is 48.9 Å². The van der Waals surface area contributed by atoms with E-state index in [2.05, 4.69) is 31.8 Å². The fourth-order valence-corrected chi connectivity index (χ4v) is 3.91. The van der Waals surface area contributed by atoms with Crippen LogP contribution in [0.2, 0.25) is 0 Å². The van der Waals surface area contributed by atoms with Crippen molar-refractivity contribution >= 4 is 22.8 Å². The third-order valence-electron chi connectivity index (χ3n) is 5.42. The molecule has 33 heavy (non-hydrogen) atoms. The van der Waals surface area contributed by atoms with Gasteiger partial charge >= 0.3 is 0 Å². The van der Waals surface area contributed by atoms with E-state index in [1.54, 1.807) is 14.2 Å². The minimum Gasteiger partial charge on any atom is -0.494 e. The Morgan fingerprint density at radius 2 is 1.97 bits per heavy atom. The molecular formula is C24H24N8O. The van der Waals surface area contributed by atoms with Gasteiger partial charge in [0.15, 0.2) is 5.75 Å². The molecule has 1 aliphatic rings. The van der Waals surface area contributed by atoms with Crippen LogP contribution in [0.15, 0.2) is 47.6 Å². The van der Waals surface area contributed by atoms with Crippen LogP contribution in [0.4, 0.5) is 17.1 Å². The average molecular weight is 441 g/mol. The van der Waals surface area contributed by atoms with E-state index in [9.17, 15) is 0 Å². The molecule has 0 unspecified atom stereocenters. The van der Waals surface area contributed by atoms with Crippen molar-refractivity contribution in [2.45, 2.75) is 26.7 Å². The fraction of sp³-hybridized carbons (Fsp3) is 0.250. The summed E-state index contributed by atoms with van der Waals surface area (Å²) in [5.74, 6) is 1.13. The van der Waals surface area contributed by atoms with Gasteiger partial charge in [-0.15, -0.1) is 10.2 Å². The largest absolute Gasteiger partial charge is 0.494 e. The van der Waals surface area contributed by atoms with Crippen LogP contribution < -0.4 is 10.1 Å². The number of aliphatic imine (C=N–C) groups is 1. The van der Waals surface area contributed by atoms with Crippen molar-refractivity contribution in [1.29, 1.82) is 0 Å². The number of nitrogens with one attached hydrogen (secondary N) is 1. The number of anilines is 2. The zero-order chi connectivity index (χ0) is 22.9. The molecule has 0 saturated heterocycles. The van der Waals surface area contributed by atoms with Gasteiger partial charge in [-0.2, -0.15) is 4.80 Å². The molecule has 0 aliphatic carbocycles. The Morgan fingerprint density at radius 3 is 2.70 bits per heavy atom. The first kappa shape index (κ1) is 20.7. The summed E-state index contributed by atoms with van der Waals surface area (Å²) in [5, 5.41) is 15.9. The number of aryl methyl sites for hydroxylation is 2. The molecule has 0 atom stereocenters. The van der Waals surface area contributed by atoms with Crippen LogP contribution in [-0.4, -0.2) is 43.0 Å². The number of nitrogens with zero attached hydrogens (tertiary/aromatic N) is 7. The normalized spacial score (nSPS) is 12.4. The first-order valence-corrected chi connectivity index (χ1v) is 10.7. The van der Waals surface area contributed by atoms with Crippen LogP contribution in [0.5, 0.6) is 5.75 Å². The smallest absolute Gasteiger partial charge is 0.208 e. The van der Waals surface area contributed by atoms with Gasteiger partial charge in [-0.25, -0.2) is 0 Å².